The van der Waals surface area contributed by atoms with Crippen molar-refractivity contribution in [2.75, 3.05) is 18.0 Å². The average molecular weight is 514 g/mol. The molecule has 1 saturated heterocycles. The van der Waals surface area contributed by atoms with Crippen LogP contribution < -0.4 is 21.7 Å². The highest BCUT2D eigenvalue weighted by atomic mass is 16.7. The smallest absolute Gasteiger partial charge is 0.365 e. The van der Waals surface area contributed by atoms with Crippen molar-refractivity contribution in [3.05, 3.63) is 102 Å². The maximum atomic E-state index is 12.5. The van der Waals surface area contributed by atoms with Crippen LogP contribution in [0, 0.1) is 5.92 Å². The molecule has 8 nitrogen and oxygen atoms in total. The molecular formula is C30H35N5O3. The Balaban J connectivity index is 1.16. The third-order valence-electron chi connectivity index (χ3n) is 6.91. The van der Waals surface area contributed by atoms with E-state index in [-0.39, 0.29) is 11.7 Å². The zero-order chi connectivity index (χ0) is 26.7. The number of rotatable bonds is 10. The quantitative estimate of drug-likeness (QED) is 0.164. The van der Waals surface area contributed by atoms with Crippen molar-refractivity contribution in [1.29, 1.82) is 0 Å². The maximum absolute atomic E-state index is 12.5. The van der Waals surface area contributed by atoms with Gasteiger partial charge in [-0.25, -0.2) is 4.79 Å². The summed E-state index contributed by atoms with van der Waals surface area (Å²) < 4.78 is 0. The number of oxime groups is 1. The van der Waals surface area contributed by atoms with E-state index < -0.39 is 12.0 Å². The number of carbonyl (C=O) groups excluding carboxylic acids is 2. The Labute approximate surface area is 223 Å². The summed E-state index contributed by atoms with van der Waals surface area (Å²) in [5, 5.41) is 6.65. The number of carbonyl (C=O) groups is 2. The lowest BCUT2D eigenvalue weighted by Gasteiger charge is -2.34. The van der Waals surface area contributed by atoms with Gasteiger partial charge in [0.05, 0.1) is 11.6 Å². The summed E-state index contributed by atoms with van der Waals surface area (Å²) in [6.45, 7) is 2.44. The van der Waals surface area contributed by atoms with Gasteiger partial charge in [-0.1, -0.05) is 65.8 Å². The zero-order valence-electron chi connectivity index (χ0n) is 21.5. The van der Waals surface area contributed by atoms with E-state index in [1.807, 2.05) is 24.3 Å². The second-order valence-corrected chi connectivity index (χ2v) is 9.59. The summed E-state index contributed by atoms with van der Waals surface area (Å²) in [6, 6.07) is 25.7. The Kier molecular flexibility index (Phi) is 9.48. The molecule has 0 radical (unpaired) electrons. The molecule has 1 aliphatic rings. The number of anilines is 1. The highest BCUT2D eigenvalue weighted by Crippen LogP contribution is 2.26. The summed E-state index contributed by atoms with van der Waals surface area (Å²) >= 11 is 0. The van der Waals surface area contributed by atoms with Crippen LogP contribution in [0.1, 0.15) is 47.2 Å². The molecule has 1 heterocycles. The Morgan fingerprint density at radius 1 is 0.921 bits per heavy atom. The minimum absolute atomic E-state index is 0.0847. The number of nitrogens with one attached hydrogen (secondary N) is 1. The van der Waals surface area contributed by atoms with Gasteiger partial charge < -0.3 is 26.5 Å². The number of hydrogen-bond acceptors (Lipinski definition) is 6. The molecule has 1 aliphatic heterocycles. The van der Waals surface area contributed by atoms with Crippen LogP contribution in [0.15, 0.2) is 90.1 Å². The van der Waals surface area contributed by atoms with E-state index >= 15 is 0 Å². The van der Waals surface area contributed by atoms with E-state index in [0.717, 1.165) is 37.9 Å². The first-order valence-electron chi connectivity index (χ1n) is 13.0. The Hall–Kier alpha value is -4.17. The van der Waals surface area contributed by atoms with Gasteiger partial charge in [0.2, 0.25) is 5.91 Å². The van der Waals surface area contributed by atoms with Crippen molar-refractivity contribution in [2.45, 2.75) is 38.3 Å². The average Bonchev–Trinajstić information content (AvgIpc) is 2.98. The van der Waals surface area contributed by atoms with Gasteiger partial charge in [0, 0.05) is 30.9 Å². The second kappa shape index (κ2) is 13.4. The van der Waals surface area contributed by atoms with Gasteiger partial charge in [0.25, 0.3) is 0 Å². The highest BCUT2D eigenvalue weighted by molar-refractivity contribution is 5.98. The SMILES string of the molecule is NC(=NOC(=O)c1ccccc1)c1ccc(CNC(=O)C(N)CCC2CCN(c3ccccc3)CC2)cc1. The van der Waals surface area contributed by atoms with E-state index in [1.165, 1.54) is 5.69 Å². The highest BCUT2D eigenvalue weighted by Gasteiger charge is 2.21. The molecule has 8 heteroatoms. The number of nitrogens with zero attached hydrogens (tertiary/aromatic N) is 2. The van der Waals surface area contributed by atoms with Gasteiger partial charge in [-0.15, -0.1) is 0 Å². The summed E-state index contributed by atoms with van der Waals surface area (Å²) in [5.41, 5.74) is 15.3. The molecule has 0 spiro atoms. The first-order chi connectivity index (χ1) is 18.5. The standard InChI is InChI=1S/C30H35N5O3/c31-27(16-13-22-17-19-35(20-18-22)26-9-5-2-6-10-26)29(36)33-21-23-11-14-24(15-12-23)28(32)34-38-30(37)25-7-3-1-4-8-25/h1-12,14-15,22,27H,13,16-21,31H2,(H2,32,34)(H,33,36). The number of piperidine rings is 1. The predicted molar refractivity (Wildman–Crippen MR) is 149 cm³/mol. The topological polar surface area (TPSA) is 123 Å². The molecule has 0 aromatic heterocycles. The Morgan fingerprint density at radius 3 is 2.21 bits per heavy atom. The van der Waals surface area contributed by atoms with E-state index in [1.54, 1.807) is 36.4 Å². The lowest BCUT2D eigenvalue weighted by Crippen LogP contribution is -2.41. The largest absolute Gasteiger partial charge is 0.380 e. The van der Waals surface area contributed by atoms with Crippen LogP contribution in [0.25, 0.3) is 0 Å². The third-order valence-corrected chi connectivity index (χ3v) is 6.91. The Bertz CT molecular complexity index is 1210. The normalized spacial score (nSPS) is 15.1. The van der Waals surface area contributed by atoms with Crippen molar-refractivity contribution >= 4 is 23.4 Å². The lowest BCUT2D eigenvalue weighted by molar-refractivity contribution is -0.122. The molecule has 3 aromatic rings. The van der Waals surface area contributed by atoms with Crippen molar-refractivity contribution < 1.29 is 14.4 Å². The van der Waals surface area contributed by atoms with Crippen LogP contribution in [0.4, 0.5) is 5.69 Å². The molecule has 198 valence electrons. The van der Waals surface area contributed by atoms with Crippen molar-refractivity contribution in [3.8, 4) is 0 Å². The number of benzene rings is 3. The fourth-order valence-corrected chi connectivity index (χ4v) is 4.55. The first kappa shape index (κ1) is 26.9. The van der Waals surface area contributed by atoms with Crippen molar-refractivity contribution in [2.24, 2.45) is 22.5 Å². The van der Waals surface area contributed by atoms with E-state index in [9.17, 15) is 9.59 Å². The fourth-order valence-electron chi connectivity index (χ4n) is 4.55. The molecule has 1 fully saturated rings. The summed E-state index contributed by atoms with van der Waals surface area (Å²) in [7, 11) is 0. The zero-order valence-corrected chi connectivity index (χ0v) is 21.5. The molecule has 1 unspecified atom stereocenters. The van der Waals surface area contributed by atoms with Gasteiger partial charge >= 0.3 is 5.97 Å². The minimum Gasteiger partial charge on any atom is -0.380 e. The maximum Gasteiger partial charge on any atom is 0.365 e. The molecule has 0 aliphatic carbocycles. The van der Waals surface area contributed by atoms with E-state index in [2.05, 4.69) is 39.6 Å². The predicted octanol–water partition coefficient (Wildman–Crippen LogP) is 3.80. The molecule has 0 bridgehead atoms. The van der Waals surface area contributed by atoms with Gasteiger partial charge in [0.1, 0.15) is 0 Å². The summed E-state index contributed by atoms with van der Waals surface area (Å²) in [5.74, 6) is -0.0477. The van der Waals surface area contributed by atoms with Crippen LogP contribution in [0.3, 0.4) is 0 Å². The van der Waals surface area contributed by atoms with Gasteiger partial charge in [-0.05, 0) is 61.4 Å². The van der Waals surface area contributed by atoms with Gasteiger partial charge in [-0.3, -0.25) is 4.79 Å². The van der Waals surface area contributed by atoms with Crippen molar-refractivity contribution in [1.82, 2.24) is 5.32 Å². The van der Waals surface area contributed by atoms with Crippen molar-refractivity contribution in [3.63, 3.8) is 0 Å². The van der Waals surface area contributed by atoms with E-state index in [0.29, 0.717) is 30.0 Å². The minimum atomic E-state index is -0.582. The van der Waals surface area contributed by atoms with Crippen LogP contribution in [-0.4, -0.2) is 36.8 Å². The number of para-hydroxylation sites is 1. The number of amides is 1. The molecule has 0 saturated carbocycles. The number of nitrogens with two attached hydrogens (primary N) is 2. The first-order valence-corrected chi connectivity index (χ1v) is 13.0. The second-order valence-electron chi connectivity index (χ2n) is 9.59. The molecule has 1 amide bonds. The molecular weight excluding hydrogens is 478 g/mol. The monoisotopic (exact) mass is 513 g/mol. The van der Waals surface area contributed by atoms with Crippen LogP contribution >= 0.6 is 0 Å². The van der Waals surface area contributed by atoms with Crippen LogP contribution in [0.5, 0.6) is 0 Å². The molecule has 4 rings (SSSR count). The van der Waals surface area contributed by atoms with Gasteiger partial charge in [-0.2, -0.15) is 0 Å². The summed E-state index contributed by atoms with van der Waals surface area (Å²) in [6.07, 6.45) is 3.87. The van der Waals surface area contributed by atoms with E-state index in [4.69, 9.17) is 16.3 Å². The summed E-state index contributed by atoms with van der Waals surface area (Å²) in [4.78, 5) is 31.9. The molecule has 3 aromatic carbocycles. The van der Waals surface area contributed by atoms with Crippen LogP contribution in [0.2, 0.25) is 0 Å². The lowest BCUT2D eigenvalue weighted by atomic mass is 9.90. The fraction of sp³-hybridized carbons (Fsp3) is 0.300. The molecule has 38 heavy (non-hydrogen) atoms. The van der Waals surface area contributed by atoms with Gasteiger partial charge in [0.15, 0.2) is 5.84 Å². The number of hydrogen-bond donors (Lipinski definition) is 3. The number of amidine groups is 1. The third kappa shape index (κ3) is 7.66. The Morgan fingerprint density at radius 2 is 1.55 bits per heavy atom. The van der Waals surface area contributed by atoms with Crippen LogP contribution in [-0.2, 0) is 16.2 Å². The molecule has 5 N–H and O–H groups in total. The molecule has 1 atom stereocenters.